The van der Waals surface area contributed by atoms with Gasteiger partial charge >= 0.3 is 0 Å². The highest BCUT2D eigenvalue weighted by Gasteiger charge is 2.54. The van der Waals surface area contributed by atoms with Crippen LogP contribution >= 0.6 is 0 Å². The Labute approximate surface area is 199 Å². The van der Waals surface area contributed by atoms with E-state index in [4.69, 9.17) is 4.74 Å². The molecule has 1 heterocycles. The van der Waals surface area contributed by atoms with Gasteiger partial charge < -0.3 is 9.64 Å². The van der Waals surface area contributed by atoms with Gasteiger partial charge in [0.05, 0.1) is 24.3 Å². The molecular formula is C28H31N3O3. The van der Waals surface area contributed by atoms with E-state index in [-0.39, 0.29) is 23.6 Å². The first kappa shape index (κ1) is 21.4. The number of fused-ring (bicyclic) bond motifs is 1. The van der Waals surface area contributed by atoms with Crippen LogP contribution in [0.25, 0.3) is 10.9 Å². The Balaban J connectivity index is 1.35. The van der Waals surface area contributed by atoms with Gasteiger partial charge in [-0.05, 0) is 86.1 Å². The molecule has 6 nitrogen and oxygen atoms in total. The number of hydrogen-bond donors (Lipinski definition) is 0. The van der Waals surface area contributed by atoms with Gasteiger partial charge in [0.15, 0.2) is 0 Å². The van der Waals surface area contributed by atoms with E-state index in [1.165, 1.54) is 30.2 Å². The topological polar surface area (TPSA) is 64.4 Å². The molecule has 0 unspecified atom stereocenters. The molecule has 1 amide bonds. The highest BCUT2D eigenvalue weighted by molar-refractivity contribution is 5.79. The average Bonchev–Trinajstić information content (AvgIpc) is 2.83. The Hall–Kier alpha value is -3.15. The van der Waals surface area contributed by atoms with Crippen molar-refractivity contribution in [1.82, 2.24) is 14.5 Å². The minimum atomic E-state index is -0.161. The maximum Gasteiger partial charge on any atom is 0.261 e. The van der Waals surface area contributed by atoms with Gasteiger partial charge in [0.2, 0.25) is 5.91 Å². The number of benzene rings is 2. The lowest BCUT2D eigenvalue weighted by molar-refractivity contribution is -0.153. The molecule has 0 spiro atoms. The lowest BCUT2D eigenvalue weighted by Crippen LogP contribution is -2.61. The molecular weight excluding hydrogens is 426 g/mol. The van der Waals surface area contributed by atoms with Crippen molar-refractivity contribution in [2.24, 2.45) is 17.8 Å². The van der Waals surface area contributed by atoms with E-state index in [9.17, 15) is 9.59 Å². The Morgan fingerprint density at radius 2 is 1.76 bits per heavy atom. The van der Waals surface area contributed by atoms with Crippen LogP contribution < -0.4 is 10.3 Å². The highest BCUT2D eigenvalue weighted by Crippen LogP contribution is 2.58. The molecule has 4 aliphatic rings. The van der Waals surface area contributed by atoms with E-state index in [0.717, 1.165) is 48.3 Å². The van der Waals surface area contributed by atoms with Gasteiger partial charge in [-0.1, -0.05) is 24.3 Å². The number of ether oxygens (including phenoxy) is 1. The summed E-state index contributed by atoms with van der Waals surface area (Å²) in [6, 6.07) is 15.3. The predicted molar refractivity (Wildman–Crippen MR) is 130 cm³/mol. The summed E-state index contributed by atoms with van der Waals surface area (Å²) in [5.41, 5.74) is 1.45. The first-order valence-corrected chi connectivity index (χ1v) is 12.4. The normalized spacial score (nSPS) is 27.1. The third kappa shape index (κ3) is 3.69. The van der Waals surface area contributed by atoms with Gasteiger partial charge in [-0.3, -0.25) is 14.2 Å². The lowest BCUT2D eigenvalue weighted by Gasteiger charge is -2.60. The second kappa shape index (κ2) is 8.26. The van der Waals surface area contributed by atoms with Crippen molar-refractivity contribution in [3.63, 3.8) is 0 Å². The Morgan fingerprint density at radius 3 is 2.47 bits per heavy atom. The summed E-state index contributed by atoms with van der Waals surface area (Å²) in [6.07, 6.45) is 8.71. The van der Waals surface area contributed by atoms with E-state index < -0.39 is 0 Å². The smallest absolute Gasteiger partial charge is 0.261 e. The van der Waals surface area contributed by atoms with Crippen molar-refractivity contribution in [1.29, 1.82) is 0 Å². The van der Waals surface area contributed by atoms with Crippen LogP contribution in [0.3, 0.4) is 0 Å². The first-order valence-electron chi connectivity index (χ1n) is 12.4. The molecule has 176 valence electrons. The largest absolute Gasteiger partial charge is 0.497 e. The minimum absolute atomic E-state index is 0.00366. The first-order chi connectivity index (χ1) is 16.5. The van der Waals surface area contributed by atoms with Crippen LogP contribution in [0.5, 0.6) is 5.75 Å². The van der Waals surface area contributed by atoms with Crippen LogP contribution in [0.1, 0.15) is 44.1 Å². The number of nitrogens with zero attached hydrogens (tertiary/aromatic N) is 3. The van der Waals surface area contributed by atoms with Crippen molar-refractivity contribution >= 4 is 16.8 Å². The van der Waals surface area contributed by atoms with Crippen molar-refractivity contribution in [2.45, 2.75) is 57.2 Å². The maximum absolute atomic E-state index is 14.0. The fraction of sp³-hybridized carbons (Fsp3) is 0.464. The molecule has 7 rings (SSSR count). The van der Waals surface area contributed by atoms with Crippen molar-refractivity contribution in [2.75, 3.05) is 7.11 Å². The number of carbonyl (C=O) groups excluding carboxylic acids is 1. The Morgan fingerprint density at radius 1 is 1.06 bits per heavy atom. The van der Waals surface area contributed by atoms with Crippen molar-refractivity contribution in [3.8, 4) is 5.75 Å². The number of hydrogen-bond acceptors (Lipinski definition) is 4. The zero-order chi connectivity index (χ0) is 23.3. The highest BCUT2D eigenvalue weighted by atomic mass is 16.5. The van der Waals surface area contributed by atoms with Crippen LogP contribution in [-0.2, 0) is 17.9 Å². The van der Waals surface area contributed by atoms with E-state index in [2.05, 4.69) is 16.0 Å². The number of aromatic nitrogens is 2. The zero-order valence-corrected chi connectivity index (χ0v) is 19.7. The molecule has 4 aliphatic carbocycles. The van der Waals surface area contributed by atoms with Gasteiger partial charge in [0.1, 0.15) is 12.3 Å². The summed E-state index contributed by atoms with van der Waals surface area (Å²) >= 11 is 0. The van der Waals surface area contributed by atoms with Crippen molar-refractivity contribution in [3.05, 3.63) is 70.8 Å². The van der Waals surface area contributed by atoms with Gasteiger partial charge in [-0.15, -0.1) is 0 Å². The number of carbonyl (C=O) groups is 1. The summed E-state index contributed by atoms with van der Waals surface area (Å²) in [7, 11) is 1.67. The fourth-order valence-electron chi connectivity index (χ4n) is 7.32. The number of rotatable bonds is 6. The summed E-state index contributed by atoms with van der Waals surface area (Å²) in [5.74, 6) is 2.96. The molecule has 0 N–H and O–H groups in total. The summed E-state index contributed by atoms with van der Waals surface area (Å²) in [6.45, 7) is 0.556. The summed E-state index contributed by atoms with van der Waals surface area (Å²) in [5, 5.41) is 0.548. The lowest BCUT2D eigenvalue weighted by atomic mass is 9.52. The second-order valence-electron chi connectivity index (χ2n) is 10.7. The molecule has 4 saturated carbocycles. The number of methoxy groups -OCH3 is 1. The van der Waals surface area contributed by atoms with Crippen LogP contribution in [0.2, 0.25) is 0 Å². The van der Waals surface area contributed by atoms with Gasteiger partial charge in [0, 0.05) is 12.1 Å². The van der Waals surface area contributed by atoms with E-state index in [1.807, 2.05) is 36.4 Å². The standard InChI is InChI=1S/C28H31N3O3/c1-34-23-6-4-5-19(12-23)16-31(28-13-20-9-21(14-28)11-22(10-20)15-28)26(32)17-30-18-29-25-8-3-2-7-24(25)27(30)33/h2-8,12,18,20-22H,9-11,13-17H2,1H3. The molecule has 0 aliphatic heterocycles. The van der Waals surface area contributed by atoms with Crippen LogP contribution in [-0.4, -0.2) is 33.0 Å². The number of amides is 1. The number of para-hydroxylation sites is 1. The molecule has 1 aromatic heterocycles. The molecule has 4 bridgehead atoms. The second-order valence-corrected chi connectivity index (χ2v) is 10.7. The third-order valence-corrected chi connectivity index (χ3v) is 8.39. The van der Waals surface area contributed by atoms with E-state index in [0.29, 0.717) is 17.4 Å². The van der Waals surface area contributed by atoms with Crippen LogP contribution in [0.15, 0.2) is 59.7 Å². The Bertz CT molecular complexity index is 1260. The molecule has 0 atom stereocenters. The quantitative estimate of drug-likeness (QED) is 0.550. The van der Waals surface area contributed by atoms with Gasteiger partial charge in [0.25, 0.3) is 5.56 Å². The van der Waals surface area contributed by atoms with Gasteiger partial charge in [-0.25, -0.2) is 4.98 Å². The van der Waals surface area contributed by atoms with Gasteiger partial charge in [-0.2, -0.15) is 0 Å². The Kier molecular flexibility index (Phi) is 5.19. The predicted octanol–water partition coefficient (Wildman–Crippen LogP) is 4.40. The summed E-state index contributed by atoms with van der Waals surface area (Å²) < 4.78 is 6.92. The monoisotopic (exact) mass is 457 g/mol. The van der Waals surface area contributed by atoms with E-state index >= 15 is 0 Å². The van der Waals surface area contributed by atoms with Crippen LogP contribution in [0.4, 0.5) is 0 Å². The zero-order valence-electron chi connectivity index (χ0n) is 19.7. The molecule has 3 aromatic rings. The fourth-order valence-corrected chi connectivity index (χ4v) is 7.32. The molecule has 6 heteroatoms. The minimum Gasteiger partial charge on any atom is -0.497 e. The SMILES string of the molecule is COc1cccc(CN(C(=O)Cn2cnc3ccccc3c2=O)C23CC4CC(CC(C4)C2)C3)c1. The molecule has 34 heavy (non-hydrogen) atoms. The molecule has 0 saturated heterocycles. The third-order valence-electron chi connectivity index (χ3n) is 8.39. The van der Waals surface area contributed by atoms with E-state index in [1.54, 1.807) is 13.2 Å². The van der Waals surface area contributed by atoms with Crippen molar-refractivity contribution < 1.29 is 9.53 Å². The molecule has 0 radical (unpaired) electrons. The molecule has 4 fully saturated rings. The molecule has 2 aromatic carbocycles. The average molecular weight is 458 g/mol. The van der Waals surface area contributed by atoms with Crippen LogP contribution in [0, 0.1) is 17.8 Å². The maximum atomic E-state index is 14.0. The summed E-state index contributed by atoms with van der Waals surface area (Å²) in [4.78, 5) is 33.6.